The molecule has 1 aromatic rings. The molecule has 1 atom stereocenters. The fourth-order valence-corrected chi connectivity index (χ4v) is 2.31. The van der Waals surface area contributed by atoms with E-state index < -0.39 is 0 Å². The van der Waals surface area contributed by atoms with Crippen LogP contribution in [0.2, 0.25) is 0 Å². The van der Waals surface area contributed by atoms with Crippen LogP contribution in [0.4, 0.5) is 0 Å². The van der Waals surface area contributed by atoms with Crippen LogP contribution in [0, 0.1) is 0 Å². The summed E-state index contributed by atoms with van der Waals surface area (Å²) in [6.45, 7) is 2.93. The fourth-order valence-electron chi connectivity index (χ4n) is 2.31. The first-order valence-corrected chi connectivity index (χ1v) is 5.63. The van der Waals surface area contributed by atoms with Gasteiger partial charge in [-0.1, -0.05) is 17.7 Å². The number of nitrogens with zero attached hydrogens (tertiary/aromatic N) is 1. The number of nitrogens with two attached hydrogens (primary N) is 1. The van der Waals surface area contributed by atoms with E-state index in [4.69, 9.17) is 5.73 Å². The minimum atomic E-state index is 0.535. The minimum Gasteiger partial charge on any atom is -0.330 e. The molecule has 1 heterocycles. The second kappa shape index (κ2) is 4.58. The maximum atomic E-state index is 5.51. The van der Waals surface area contributed by atoms with Gasteiger partial charge in [0.1, 0.15) is 0 Å². The summed E-state index contributed by atoms with van der Waals surface area (Å²) < 4.78 is 0. The molecule has 2 heteroatoms. The van der Waals surface area contributed by atoms with Crippen LogP contribution in [0.3, 0.4) is 0 Å². The molecule has 0 spiro atoms. The number of rotatable bonds is 3. The van der Waals surface area contributed by atoms with Crippen molar-refractivity contribution >= 4 is 0 Å². The second-order valence-electron chi connectivity index (χ2n) is 4.16. The summed E-state index contributed by atoms with van der Waals surface area (Å²) in [4.78, 5) is 4.50. The highest BCUT2D eigenvalue weighted by Gasteiger charge is 2.24. The molecule has 1 unspecified atom stereocenters. The summed E-state index contributed by atoms with van der Waals surface area (Å²) in [5.41, 5.74) is 9.64. The molecule has 0 aliphatic heterocycles. The van der Waals surface area contributed by atoms with Crippen molar-refractivity contribution in [2.75, 3.05) is 6.54 Å². The molecule has 2 N–H and O–H groups in total. The third kappa shape index (κ3) is 2.10. The van der Waals surface area contributed by atoms with Crippen LogP contribution in [0.1, 0.15) is 36.9 Å². The maximum Gasteiger partial charge on any atom is 0.0506 e. The topological polar surface area (TPSA) is 38.9 Å². The van der Waals surface area contributed by atoms with Crippen LogP contribution in [0.15, 0.2) is 30.0 Å². The number of hydrogen-bond donors (Lipinski definition) is 1. The van der Waals surface area contributed by atoms with Crippen molar-refractivity contribution in [2.24, 2.45) is 5.73 Å². The molecular weight excluding hydrogens is 184 g/mol. The molecule has 15 heavy (non-hydrogen) atoms. The molecule has 1 aromatic heterocycles. The summed E-state index contributed by atoms with van der Waals surface area (Å²) in [6.07, 6.45) is 7.51. The average molecular weight is 202 g/mol. The lowest BCUT2D eigenvalue weighted by Gasteiger charge is -2.11. The van der Waals surface area contributed by atoms with E-state index in [1.807, 2.05) is 12.3 Å². The molecule has 2 rings (SSSR count). The Bertz CT molecular complexity index is 369. The predicted molar refractivity (Wildman–Crippen MR) is 62.7 cm³/mol. The number of allylic oxidation sites excluding steroid dienone is 1. The van der Waals surface area contributed by atoms with Crippen molar-refractivity contribution in [3.05, 3.63) is 41.2 Å². The van der Waals surface area contributed by atoms with E-state index in [1.54, 1.807) is 0 Å². The average Bonchev–Trinajstić information content (AvgIpc) is 2.69. The third-order valence-electron chi connectivity index (χ3n) is 3.14. The minimum absolute atomic E-state index is 0.535. The van der Waals surface area contributed by atoms with Crippen LogP contribution in [-0.2, 0) is 6.42 Å². The van der Waals surface area contributed by atoms with E-state index in [1.165, 1.54) is 29.7 Å². The van der Waals surface area contributed by atoms with Crippen LogP contribution >= 0.6 is 0 Å². The summed E-state index contributed by atoms with van der Waals surface area (Å²) >= 11 is 0. The Morgan fingerprint density at radius 2 is 2.53 bits per heavy atom. The first kappa shape index (κ1) is 10.4. The SMILES string of the molecule is CC(=CCCN)C1CCc2cccnc21. The second-order valence-corrected chi connectivity index (χ2v) is 4.16. The Balaban J connectivity index is 2.20. The summed E-state index contributed by atoms with van der Waals surface area (Å²) in [7, 11) is 0. The van der Waals surface area contributed by atoms with Gasteiger partial charge in [-0.15, -0.1) is 0 Å². The van der Waals surface area contributed by atoms with Gasteiger partial charge in [-0.3, -0.25) is 4.98 Å². The Morgan fingerprint density at radius 1 is 1.67 bits per heavy atom. The van der Waals surface area contributed by atoms with E-state index in [2.05, 4.69) is 24.1 Å². The molecule has 0 saturated carbocycles. The monoisotopic (exact) mass is 202 g/mol. The summed E-state index contributed by atoms with van der Waals surface area (Å²) in [5, 5.41) is 0. The van der Waals surface area contributed by atoms with E-state index in [-0.39, 0.29) is 0 Å². The Labute approximate surface area is 91.2 Å². The molecule has 1 aliphatic rings. The van der Waals surface area contributed by atoms with Crippen LogP contribution in [-0.4, -0.2) is 11.5 Å². The van der Waals surface area contributed by atoms with Crippen molar-refractivity contribution in [1.29, 1.82) is 0 Å². The van der Waals surface area contributed by atoms with Crippen molar-refractivity contribution in [3.63, 3.8) is 0 Å². The lowest BCUT2D eigenvalue weighted by Crippen LogP contribution is -2.00. The zero-order chi connectivity index (χ0) is 10.7. The van der Waals surface area contributed by atoms with Gasteiger partial charge in [0.05, 0.1) is 5.69 Å². The molecule has 0 radical (unpaired) electrons. The van der Waals surface area contributed by atoms with E-state index in [0.717, 1.165) is 13.0 Å². The number of aromatic nitrogens is 1. The molecule has 0 saturated heterocycles. The van der Waals surface area contributed by atoms with Gasteiger partial charge >= 0.3 is 0 Å². The molecule has 0 aromatic carbocycles. The molecule has 80 valence electrons. The first-order valence-electron chi connectivity index (χ1n) is 5.63. The van der Waals surface area contributed by atoms with Crippen LogP contribution < -0.4 is 5.73 Å². The van der Waals surface area contributed by atoms with Crippen molar-refractivity contribution in [1.82, 2.24) is 4.98 Å². The highest BCUT2D eigenvalue weighted by atomic mass is 14.7. The zero-order valence-electron chi connectivity index (χ0n) is 9.24. The number of pyridine rings is 1. The normalized spacial score (nSPS) is 20.4. The number of aryl methyl sites for hydroxylation is 1. The molecule has 1 aliphatic carbocycles. The summed E-state index contributed by atoms with van der Waals surface area (Å²) in [5.74, 6) is 0.535. The maximum absolute atomic E-state index is 5.51. The molecule has 0 amide bonds. The first-order chi connectivity index (χ1) is 7.33. The lowest BCUT2D eigenvalue weighted by atomic mass is 9.97. The Hall–Kier alpha value is -1.15. The van der Waals surface area contributed by atoms with Crippen LogP contribution in [0.5, 0.6) is 0 Å². The van der Waals surface area contributed by atoms with Gasteiger partial charge < -0.3 is 5.73 Å². The largest absolute Gasteiger partial charge is 0.330 e. The van der Waals surface area contributed by atoms with Gasteiger partial charge in [0.25, 0.3) is 0 Å². The molecule has 0 bridgehead atoms. The van der Waals surface area contributed by atoms with Crippen molar-refractivity contribution < 1.29 is 0 Å². The van der Waals surface area contributed by atoms with Gasteiger partial charge in [-0.05, 0) is 44.4 Å². The smallest absolute Gasteiger partial charge is 0.0506 e. The highest BCUT2D eigenvalue weighted by Crippen LogP contribution is 2.36. The van der Waals surface area contributed by atoms with E-state index in [9.17, 15) is 0 Å². The van der Waals surface area contributed by atoms with Gasteiger partial charge in [0.2, 0.25) is 0 Å². The van der Waals surface area contributed by atoms with Gasteiger partial charge in [0.15, 0.2) is 0 Å². The van der Waals surface area contributed by atoms with E-state index >= 15 is 0 Å². The number of hydrogen-bond acceptors (Lipinski definition) is 2. The fraction of sp³-hybridized carbons (Fsp3) is 0.462. The van der Waals surface area contributed by atoms with Gasteiger partial charge in [-0.2, -0.15) is 0 Å². The van der Waals surface area contributed by atoms with Gasteiger partial charge in [-0.25, -0.2) is 0 Å². The zero-order valence-corrected chi connectivity index (χ0v) is 9.24. The highest BCUT2D eigenvalue weighted by molar-refractivity contribution is 5.34. The third-order valence-corrected chi connectivity index (χ3v) is 3.14. The predicted octanol–water partition coefficient (Wildman–Crippen LogP) is 2.41. The van der Waals surface area contributed by atoms with Crippen molar-refractivity contribution in [3.8, 4) is 0 Å². The van der Waals surface area contributed by atoms with Crippen molar-refractivity contribution in [2.45, 2.75) is 32.1 Å². The quantitative estimate of drug-likeness (QED) is 0.764. The molecule has 2 nitrogen and oxygen atoms in total. The lowest BCUT2D eigenvalue weighted by molar-refractivity contribution is 0.749. The summed E-state index contributed by atoms with van der Waals surface area (Å²) in [6, 6.07) is 4.22. The van der Waals surface area contributed by atoms with Crippen LogP contribution in [0.25, 0.3) is 0 Å². The number of fused-ring (bicyclic) bond motifs is 1. The molecule has 0 fully saturated rings. The Kier molecular flexibility index (Phi) is 3.17. The standard InChI is InChI=1S/C13H18N2/c1-10(4-2-8-14)12-7-6-11-5-3-9-15-13(11)12/h3-5,9,12H,2,6-8,14H2,1H3. The van der Waals surface area contributed by atoms with E-state index in [0.29, 0.717) is 5.92 Å². The van der Waals surface area contributed by atoms with Gasteiger partial charge in [0, 0.05) is 12.1 Å². The Morgan fingerprint density at radius 3 is 3.33 bits per heavy atom. The molecular formula is C13H18N2.